The van der Waals surface area contributed by atoms with Gasteiger partial charge in [-0.05, 0) is 37.0 Å². The molecule has 1 atom stereocenters. The van der Waals surface area contributed by atoms with Crippen molar-refractivity contribution < 1.29 is 4.79 Å². The molecule has 1 amide bonds. The van der Waals surface area contributed by atoms with E-state index >= 15 is 0 Å². The quantitative estimate of drug-likeness (QED) is 0.772. The summed E-state index contributed by atoms with van der Waals surface area (Å²) in [6, 6.07) is 11.2. The van der Waals surface area contributed by atoms with E-state index in [9.17, 15) is 10.1 Å². The molecule has 0 saturated carbocycles. The van der Waals surface area contributed by atoms with Crippen LogP contribution >= 0.6 is 0 Å². The molecule has 4 heteroatoms. The summed E-state index contributed by atoms with van der Waals surface area (Å²) in [6.07, 6.45) is 2.17. The van der Waals surface area contributed by atoms with Gasteiger partial charge in [0.1, 0.15) is 5.92 Å². The SMILES string of the molecule is CCCN(CCC)C(=O)C(C#N)Cc1ccc(C#N)cc1. The Kier molecular flexibility index (Phi) is 6.98. The third-order valence-corrected chi connectivity index (χ3v) is 3.28. The van der Waals surface area contributed by atoms with E-state index in [1.165, 1.54) is 0 Å². The maximum absolute atomic E-state index is 12.4. The van der Waals surface area contributed by atoms with Crippen LogP contribution in [0.3, 0.4) is 0 Å². The van der Waals surface area contributed by atoms with Crippen molar-refractivity contribution in [3.05, 3.63) is 35.4 Å². The summed E-state index contributed by atoms with van der Waals surface area (Å²) in [5, 5.41) is 18.1. The summed E-state index contributed by atoms with van der Waals surface area (Å²) < 4.78 is 0. The Balaban J connectivity index is 2.79. The minimum atomic E-state index is -0.656. The topological polar surface area (TPSA) is 67.9 Å². The van der Waals surface area contributed by atoms with Crippen molar-refractivity contribution in [2.45, 2.75) is 33.1 Å². The molecular formula is C17H21N3O. The van der Waals surface area contributed by atoms with Crippen molar-refractivity contribution in [1.29, 1.82) is 10.5 Å². The van der Waals surface area contributed by atoms with Crippen LogP contribution < -0.4 is 0 Å². The van der Waals surface area contributed by atoms with Crippen LogP contribution in [0, 0.1) is 28.6 Å². The highest BCUT2D eigenvalue weighted by atomic mass is 16.2. The fraction of sp³-hybridized carbons (Fsp3) is 0.471. The Labute approximate surface area is 126 Å². The third kappa shape index (κ3) is 4.93. The first-order valence-corrected chi connectivity index (χ1v) is 7.33. The zero-order valence-electron chi connectivity index (χ0n) is 12.7. The van der Waals surface area contributed by atoms with Gasteiger partial charge in [-0.3, -0.25) is 4.79 Å². The lowest BCUT2D eigenvalue weighted by atomic mass is 9.98. The summed E-state index contributed by atoms with van der Waals surface area (Å²) in [6.45, 7) is 5.44. The number of amides is 1. The van der Waals surface area contributed by atoms with Crippen molar-refractivity contribution in [3.63, 3.8) is 0 Å². The summed E-state index contributed by atoms with van der Waals surface area (Å²) in [5.74, 6) is -0.749. The first-order valence-electron chi connectivity index (χ1n) is 7.33. The number of carbonyl (C=O) groups excluding carboxylic acids is 1. The fourth-order valence-electron chi connectivity index (χ4n) is 2.23. The van der Waals surface area contributed by atoms with Crippen molar-refractivity contribution in [3.8, 4) is 12.1 Å². The molecule has 0 aliphatic heterocycles. The second-order valence-electron chi connectivity index (χ2n) is 5.02. The van der Waals surface area contributed by atoms with Gasteiger partial charge in [0.25, 0.3) is 0 Å². The minimum absolute atomic E-state index is 0.0921. The van der Waals surface area contributed by atoms with Gasteiger partial charge in [-0.25, -0.2) is 0 Å². The predicted molar refractivity (Wildman–Crippen MR) is 81.1 cm³/mol. The summed E-state index contributed by atoms with van der Waals surface area (Å²) in [5.41, 5.74) is 1.49. The van der Waals surface area contributed by atoms with E-state index in [4.69, 9.17) is 5.26 Å². The molecule has 0 aromatic heterocycles. The molecule has 0 saturated heterocycles. The maximum Gasteiger partial charge on any atom is 0.240 e. The predicted octanol–water partition coefficient (Wildman–Crippen LogP) is 2.89. The number of hydrogen-bond donors (Lipinski definition) is 0. The van der Waals surface area contributed by atoms with E-state index in [0.717, 1.165) is 18.4 Å². The molecule has 0 radical (unpaired) electrons. The zero-order chi connectivity index (χ0) is 15.7. The Hall–Kier alpha value is -2.33. The summed E-state index contributed by atoms with van der Waals surface area (Å²) in [7, 11) is 0. The Morgan fingerprint density at radius 2 is 1.71 bits per heavy atom. The molecule has 1 unspecified atom stereocenters. The maximum atomic E-state index is 12.4. The molecule has 1 aromatic rings. The number of benzene rings is 1. The van der Waals surface area contributed by atoms with Crippen molar-refractivity contribution in [1.82, 2.24) is 4.90 Å². The molecule has 0 spiro atoms. The van der Waals surface area contributed by atoms with Gasteiger partial charge in [-0.1, -0.05) is 26.0 Å². The number of rotatable bonds is 7. The van der Waals surface area contributed by atoms with Gasteiger partial charge in [0, 0.05) is 13.1 Å². The Morgan fingerprint density at radius 1 is 1.14 bits per heavy atom. The number of nitriles is 2. The van der Waals surface area contributed by atoms with Gasteiger partial charge in [-0.2, -0.15) is 10.5 Å². The third-order valence-electron chi connectivity index (χ3n) is 3.28. The van der Waals surface area contributed by atoms with Crippen LogP contribution in [0.1, 0.15) is 37.8 Å². The fourth-order valence-corrected chi connectivity index (χ4v) is 2.23. The molecule has 0 aliphatic carbocycles. The van der Waals surface area contributed by atoms with Gasteiger partial charge < -0.3 is 4.90 Å². The average molecular weight is 283 g/mol. The second-order valence-corrected chi connectivity index (χ2v) is 5.02. The van der Waals surface area contributed by atoms with Crippen LogP contribution in [0.15, 0.2) is 24.3 Å². The van der Waals surface area contributed by atoms with Gasteiger partial charge in [-0.15, -0.1) is 0 Å². The number of carbonyl (C=O) groups is 1. The molecule has 1 rings (SSSR count). The summed E-state index contributed by atoms with van der Waals surface area (Å²) in [4.78, 5) is 14.2. The van der Waals surface area contributed by atoms with Crippen LogP contribution in [0.4, 0.5) is 0 Å². The van der Waals surface area contributed by atoms with E-state index in [1.807, 2.05) is 13.8 Å². The molecule has 0 aliphatic rings. The van der Waals surface area contributed by atoms with Crippen LogP contribution in [-0.4, -0.2) is 23.9 Å². The Bertz CT molecular complexity index is 531. The largest absolute Gasteiger partial charge is 0.342 e. The molecule has 4 nitrogen and oxygen atoms in total. The van der Waals surface area contributed by atoms with Crippen molar-refractivity contribution >= 4 is 5.91 Å². The van der Waals surface area contributed by atoms with Gasteiger partial charge in [0.15, 0.2) is 0 Å². The highest BCUT2D eigenvalue weighted by molar-refractivity contribution is 5.81. The monoisotopic (exact) mass is 283 g/mol. The van der Waals surface area contributed by atoms with E-state index < -0.39 is 5.92 Å². The molecule has 21 heavy (non-hydrogen) atoms. The lowest BCUT2D eigenvalue weighted by Gasteiger charge is -2.24. The van der Waals surface area contributed by atoms with Crippen LogP contribution in [0.25, 0.3) is 0 Å². The highest BCUT2D eigenvalue weighted by Crippen LogP contribution is 2.13. The molecular weight excluding hydrogens is 262 g/mol. The second kappa shape index (κ2) is 8.76. The van der Waals surface area contributed by atoms with E-state index in [-0.39, 0.29) is 5.91 Å². The van der Waals surface area contributed by atoms with Crippen LogP contribution in [0.2, 0.25) is 0 Å². The minimum Gasteiger partial charge on any atom is -0.342 e. The molecule has 0 bridgehead atoms. The van der Waals surface area contributed by atoms with E-state index in [0.29, 0.717) is 25.1 Å². The lowest BCUT2D eigenvalue weighted by Crippen LogP contribution is -2.37. The van der Waals surface area contributed by atoms with Gasteiger partial charge in [0.2, 0.25) is 5.91 Å². The lowest BCUT2D eigenvalue weighted by molar-refractivity contribution is -0.133. The summed E-state index contributed by atoms with van der Waals surface area (Å²) >= 11 is 0. The first kappa shape index (κ1) is 16.7. The average Bonchev–Trinajstić information content (AvgIpc) is 2.52. The van der Waals surface area contributed by atoms with E-state index in [2.05, 4.69) is 12.1 Å². The first-order chi connectivity index (χ1) is 10.2. The van der Waals surface area contributed by atoms with Gasteiger partial charge >= 0.3 is 0 Å². The van der Waals surface area contributed by atoms with Crippen LogP contribution in [-0.2, 0) is 11.2 Å². The molecule has 1 aromatic carbocycles. The zero-order valence-corrected chi connectivity index (χ0v) is 12.7. The standard InChI is InChI=1S/C17H21N3O/c1-3-9-20(10-4-2)17(21)16(13-19)11-14-5-7-15(12-18)8-6-14/h5-8,16H,3-4,9-11H2,1-2H3. The molecule has 0 heterocycles. The van der Waals surface area contributed by atoms with Crippen molar-refractivity contribution in [2.24, 2.45) is 5.92 Å². The van der Waals surface area contributed by atoms with Crippen molar-refractivity contribution in [2.75, 3.05) is 13.1 Å². The number of hydrogen-bond acceptors (Lipinski definition) is 3. The van der Waals surface area contributed by atoms with E-state index in [1.54, 1.807) is 29.2 Å². The number of nitrogens with zero attached hydrogens (tertiary/aromatic N) is 3. The molecule has 110 valence electrons. The molecule has 0 fully saturated rings. The van der Waals surface area contributed by atoms with Crippen LogP contribution in [0.5, 0.6) is 0 Å². The smallest absolute Gasteiger partial charge is 0.240 e. The van der Waals surface area contributed by atoms with Gasteiger partial charge in [0.05, 0.1) is 17.7 Å². The molecule has 0 N–H and O–H groups in total. The highest BCUT2D eigenvalue weighted by Gasteiger charge is 2.23. The normalized spacial score (nSPS) is 11.2. The Morgan fingerprint density at radius 3 is 2.14 bits per heavy atom.